The molecule has 3 nitrogen and oxygen atoms in total. The molecular weight excluding hydrogens is 161 g/mol. The van der Waals surface area contributed by atoms with Gasteiger partial charge in [0.1, 0.15) is 12.7 Å². The van der Waals surface area contributed by atoms with Gasteiger partial charge in [-0.25, -0.2) is 4.39 Å². The fourth-order valence-corrected chi connectivity index (χ4v) is 0.312. The zero-order valence-electron chi connectivity index (χ0n) is 5.67. The number of rotatable bonds is 3. The number of carbonyl (C=O) groups excluding carboxylic acids is 1. The normalized spacial score (nSPS) is 11.5. The predicted octanol–water partition coefficient (Wildman–Crippen LogP) is 0.268. The molecule has 0 aromatic rings. The van der Waals surface area contributed by atoms with E-state index in [0.717, 1.165) is 0 Å². The van der Waals surface area contributed by atoms with Crippen molar-refractivity contribution in [3.63, 3.8) is 0 Å². The molecule has 0 radical (unpaired) electrons. The molecule has 1 atom stereocenters. The Morgan fingerprint density at radius 1 is 1.80 bits per heavy atom. The first-order valence-electron chi connectivity index (χ1n) is 2.70. The van der Waals surface area contributed by atoms with Crippen LogP contribution in [0.2, 0.25) is 0 Å². The number of nitrogens with two attached hydrogens (primary N) is 1. The van der Waals surface area contributed by atoms with Gasteiger partial charge in [0.2, 0.25) is 0 Å². The highest BCUT2D eigenvalue weighted by Gasteiger charge is 2.12. The molecule has 0 saturated heterocycles. The van der Waals surface area contributed by atoms with Crippen molar-refractivity contribution >= 4 is 18.4 Å². The second kappa shape index (κ2) is 6.77. The maximum Gasteiger partial charge on any atom is 0.325 e. The zero-order valence-corrected chi connectivity index (χ0v) is 6.49. The minimum Gasteiger partial charge on any atom is -0.465 e. The molecule has 0 spiro atoms. The van der Waals surface area contributed by atoms with E-state index >= 15 is 0 Å². The molecule has 0 amide bonds. The number of carbonyl (C=O) groups is 1. The molecular formula is C5H11ClFNO2. The van der Waals surface area contributed by atoms with Crippen LogP contribution in [0, 0.1) is 0 Å². The second-order valence-electron chi connectivity index (χ2n) is 1.51. The van der Waals surface area contributed by atoms with Gasteiger partial charge >= 0.3 is 5.97 Å². The lowest BCUT2D eigenvalue weighted by Gasteiger charge is -2.04. The van der Waals surface area contributed by atoms with Crippen LogP contribution in [-0.4, -0.2) is 25.3 Å². The molecule has 0 unspecified atom stereocenters. The molecule has 5 heteroatoms. The third-order valence-electron chi connectivity index (χ3n) is 0.756. The predicted molar refractivity (Wildman–Crippen MR) is 37.8 cm³/mol. The number of esters is 1. The summed E-state index contributed by atoms with van der Waals surface area (Å²) < 4.78 is 15.9. The highest BCUT2D eigenvalue weighted by Crippen LogP contribution is 1.85. The molecule has 62 valence electrons. The van der Waals surface area contributed by atoms with Gasteiger partial charge < -0.3 is 10.5 Å². The smallest absolute Gasteiger partial charge is 0.325 e. The van der Waals surface area contributed by atoms with E-state index in [2.05, 4.69) is 4.74 Å². The van der Waals surface area contributed by atoms with Gasteiger partial charge in [-0.1, -0.05) is 0 Å². The van der Waals surface area contributed by atoms with E-state index in [1.807, 2.05) is 0 Å². The SMILES string of the molecule is CCOC(=O)[C@H](N)CF.Cl. The molecule has 0 aromatic heterocycles. The summed E-state index contributed by atoms with van der Waals surface area (Å²) in [4.78, 5) is 10.4. The summed E-state index contributed by atoms with van der Waals surface area (Å²) in [6.45, 7) is 1.02. The van der Waals surface area contributed by atoms with Crippen LogP contribution in [0.5, 0.6) is 0 Å². The molecule has 0 rings (SSSR count). The van der Waals surface area contributed by atoms with E-state index in [4.69, 9.17) is 5.73 Å². The summed E-state index contributed by atoms with van der Waals surface area (Å²) in [5, 5.41) is 0. The summed E-state index contributed by atoms with van der Waals surface area (Å²) in [5.41, 5.74) is 4.95. The van der Waals surface area contributed by atoms with E-state index in [9.17, 15) is 9.18 Å². The van der Waals surface area contributed by atoms with E-state index in [1.54, 1.807) is 6.92 Å². The van der Waals surface area contributed by atoms with Crippen LogP contribution in [0.3, 0.4) is 0 Å². The van der Waals surface area contributed by atoms with Crippen molar-refractivity contribution in [2.24, 2.45) is 5.73 Å². The van der Waals surface area contributed by atoms with Gasteiger partial charge in [-0.15, -0.1) is 12.4 Å². The largest absolute Gasteiger partial charge is 0.465 e. The Hall–Kier alpha value is -0.350. The van der Waals surface area contributed by atoms with Gasteiger partial charge in [0.25, 0.3) is 0 Å². The highest BCUT2D eigenvalue weighted by atomic mass is 35.5. The van der Waals surface area contributed by atoms with Crippen molar-refractivity contribution in [3.05, 3.63) is 0 Å². The van der Waals surface area contributed by atoms with Crippen LogP contribution < -0.4 is 5.73 Å². The van der Waals surface area contributed by atoms with Gasteiger partial charge in [-0.3, -0.25) is 4.79 Å². The first kappa shape index (κ1) is 12.3. The van der Waals surface area contributed by atoms with Gasteiger partial charge in [-0.05, 0) is 6.92 Å². The maximum atomic E-state index is 11.5. The minimum absolute atomic E-state index is 0. The van der Waals surface area contributed by atoms with Crippen LogP contribution in [0.15, 0.2) is 0 Å². The fourth-order valence-electron chi connectivity index (χ4n) is 0.312. The molecule has 0 aromatic carbocycles. The molecule has 0 aliphatic rings. The van der Waals surface area contributed by atoms with Gasteiger partial charge in [0, 0.05) is 0 Å². The highest BCUT2D eigenvalue weighted by molar-refractivity contribution is 5.85. The zero-order chi connectivity index (χ0) is 7.28. The van der Waals surface area contributed by atoms with E-state index in [-0.39, 0.29) is 19.0 Å². The first-order valence-corrected chi connectivity index (χ1v) is 2.70. The van der Waals surface area contributed by atoms with E-state index in [1.165, 1.54) is 0 Å². The van der Waals surface area contributed by atoms with Crippen molar-refractivity contribution in [1.82, 2.24) is 0 Å². The van der Waals surface area contributed by atoms with Crippen LogP contribution in [-0.2, 0) is 9.53 Å². The molecule has 10 heavy (non-hydrogen) atoms. The van der Waals surface area contributed by atoms with Gasteiger partial charge in [0.05, 0.1) is 6.61 Å². The average Bonchev–Trinajstić information content (AvgIpc) is 1.87. The Kier molecular flexibility index (Phi) is 8.35. The lowest BCUT2D eigenvalue weighted by atomic mass is 10.4. The lowest BCUT2D eigenvalue weighted by molar-refractivity contribution is -0.145. The fraction of sp³-hybridized carbons (Fsp3) is 0.800. The van der Waals surface area contributed by atoms with Crippen LogP contribution >= 0.6 is 12.4 Å². The number of hydrogen-bond donors (Lipinski definition) is 1. The number of ether oxygens (including phenoxy) is 1. The number of hydrogen-bond acceptors (Lipinski definition) is 3. The van der Waals surface area contributed by atoms with Crippen molar-refractivity contribution < 1.29 is 13.9 Å². The number of halogens is 2. The lowest BCUT2D eigenvalue weighted by Crippen LogP contribution is -2.34. The van der Waals surface area contributed by atoms with Crippen LogP contribution in [0.1, 0.15) is 6.92 Å². The van der Waals surface area contributed by atoms with Crippen molar-refractivity contribution in [2.45, 2.75) is 13.0 Å². The quantitative estimate of drug-likeness (QED) is 0.621. The first-order chi connectivity index (χ1) is 4.22. The van der Waals surface area contributed by atoms with E-state index in [0.29, 0.717) is 0 Å². The summed E-state index contributed by atoms with van der Waals surface area (Å²) in [7, 11) is 0. The standard InChI is InChI=1S/C5H10FNO2.ClH/c1-2-9-5(8)4(7)3-6;/h4H,2-3,7H2,1H3;1H/t4-;/m1./s1. The van der Waals surface area contributed by atoms with E-state index < -0.39 is 18.7 Å². The average molecular weight is 172 g/mol. The maximum absolute atomic E-state index is 11.5. The molecule has 0 fully saturated rings. The topological polar surface area (TPSA) is 52.3 Å². The molecule has 0 heterocycles. The third-order valence-corrected chi connectivity index (χ3v) is 0.756. The molecule has 0 aliphatic carbocycles. The van der Waals surface area contributed by atoms with Gasteiger partial charge in [0.15, 0.2) is 0 Å². The monoisotopic (exact) mass is 171 g/mol. The van der Waals surface area contributed by atoms with Crippen molar-refractivity contribution in [1.29, 1.82) is 0 Å². The van der Waals surface area contributed by atoms with Crippen LogP contribution in [0.4, 0.5) is 4.39 Å². The van der Waals surface area contributed by atoms with Gasteiger partial charge in [-0.2, -0.15) is 0 Å². The summed E-state index contributed by atoms with van der Waals surface area (Å²) in [5.74, 6) is -0.681. The Balaban J connectivity index is 0. The summed E-state index contributed by atoms with van der Waals surface area (Å²) >= 11 is 0. The molecule has 2 N–H and O–H groups in total. The van der Waals surface area contributed by atoms with Crippen molar-refractivity contribution in [3.8, 4) is 0 Å². The van der Waals surface area contributed by atoms with Crippen LogP contribution in [0.25, 0.3) is 0 Å². The number of alkyl halides is 1. The Morgan fingerprint density at radius 2 is 2.30 bits per heavy atom. The Bertz CT molecular complexity index is 102. The molecule has 0 aliphatic heterocycles. The second-order valence-corrected chi connectivity index (χ2v) is 1.51. The molecule has 0 saturated carbocycles. The molecule has 0 bridgehead atoms. The third kappa shape index (κ3) is 4.52. The minimum atomic E-state index is -1.11. The Morgan fingerprint density at radius 3 is 2.60 bits per heavy atom. The summed E-state index contributed by atoms with van der Waals surface area (Å²) in [6.07, 6.45) is 0. The Labute approximate surface area is 65.1 Å². The summed E-state index contributed by atoms with van der Waals surface area (Å²) in [6, 6.07) is -1.11. The van der Waals surface area contributed by atoms with Crippen molar-refractivity contribution in [2.75, 3.05) is 13.3 Å².